The van der Waals surface area contributed by atoms with Gasteiger partial charge in [0.15, 0.2) is 0 Å². The number of carbonyl (C=O) groups excluding carboxylic acids is 1. The first kappa shape index (κ1) is 13.1. The molecule has 0 spiro atoms. The lowest BCUT2D eigenvalue weighted by Gasteiger charge is -2.26. The molecule has 0 atom stereocenters. The number of hydrogen-bond donors (Lipinski definition) is 0. The molecule has 0 heterocycles. The molecule has 1 fully saturated rings. The van der Waals surface area contributed by atoms with Crippen molar-refractivity contribution >= 4 is 5.97 Å². The summed E-state index contributed by atoms with van der Waals surface area (Å²) in [5.74, 6) is 5.72. The molecule has 3 nitrogen and oxygen atoms in total. The third kappa shape index (κ3) is 4.24. The minimum atomic E-state index is -0.0469. The lowest BCUT2D eigenvalue weighted by Crippen LogP contribution is -2.27. The molecule has 1 rings (SSSR count). The summed E-state index contributed by atoms with van der Waals surface area (Å²) in [7, 11) is 0. The first-order chi connectivity index (χ1) is 7.77. The van der Waals surface area contributed by atoms with Gasteiger partial charge in [-0.3, -0.25) is 4.79 Å². The van der Waals surface area contributed by atoms with Crippen LogP contribution < -0.4 is 0 Å². The molecule has 0 aliphatic heterocycles. The Labute approximate surface area is 97.5 Å². The minimum absolute atomic E-state index is 0.0469. The van der Waals surface area contributed by atoms with E-state index in [0.29, 0.717) is 13.2 Å². The van der Waals surface area contributed by atoms with Gasteiger partial charge in [-0.15, -0.1) is 5.92 Å². The fourth-order valence-electron chi connectivity index (χ4n) is 1.96. The van der Waals surface area contributed by atoms with Gasteiger partial charge in [0.1, 0.15) is 6.61 Å². The Hall–Kier alpha value is -1.01. The number of carbonyl (C=O) groups is 1. The molecule has 0 unspecified atom stereocenters. The maximum Gasteiger partial charge on any atom is 0.308 e. The van der Waals surface area contributed by atoms with Crippen LogP contribution in [0.3, 0.4) is 0 Å². The molecule has 90 valence electrons. The second-order valence-electron chi connectivity index (χ2n) is 3.96. The maximum absolute atomic E-state index is 11.5. The van der Waals surface area contributed by atoms with Crippen molar-refractivity contribution in [2.24, 2.45) is 5.92 Å². The summed E-state index contributed by atoms with van der Waals surface area (Å²) in [4.78, 5) is 11.5. The topological polar surface area (TPSA) is 35.5 Å². The Morgan fingerprint density at radius 2 is 2.00 bits per heavy atom. The van der Waals surface area contributed by atoms with Gasteiger partial charge in [-0.1, -0.05) is 5.92 Å². The molecule has 0 amide bonds. The zero-order valence-electron chi connectivity index (χ0n) is 10.1. The van der Waals surface area contributed by atoms with E-state index in [1.54, 1.807) is 6.92 Å². The van der Waals surface area contributed by atoms with Crippen molar-refractivity contribution in [3.8, 4) is 11.8 Å². The van der Waals surface area contributed by atoms with Crippen LogP contribution in [-0.2, 0) is 14.3 Å². The molecule has 0 saturated heterocycles. The van der Waals surface area contributed by atoms with Crippen molar-refractivity contribution in [2.45, 2.75) is 45.6 Å². The van der Waals surface area contributed by atoms with Crippen molar-refractivity contribution in [1.29, 1.82) is 0 Å². The van der Waals surface area contributed by atoms with Crippen molar-refractivity contribution in [3.63, 3.8) is 0 Å². The van der Waals surface area contributed by atoms with Crippen LogP contribution in [-0.4, -0.2) is 25.3 Å². The molecule has 0 aromatic carbocycles. The van der Waals surface area contributed by atoms with Gasteiger partial charge in [-0.2, -0.15) is 0 Å². The molecule has 0 bridgehead atoms. The quantitative estimate of drug-likeness (QED) is 0.542. The van der Waals surface area contributed by atoms with E-state index in [0.717, 1.165) is 25.7 Å². The van der Waals surface area contributed by atoms with Crippen molar-refractivity contribution < 1.29 is 14.3 Å². The Morgan fingerprint density at radius 1 is 1.31 bits per heavy atom. The van der Waals surface area contributed by atoms with Crippen molar-refractivity contribution in [1.82, 2.24) is 0 Å². The van der Waals surface area contributed by atoms with E-state index in [2.05, 4.69) is 11.8 Å². The summed E-state index contributed by atoms with van der Waals surface area (Å²) in [6.07, 6.45) is 3.90. The molecule has 16 heavy (non-hydrogen) atoms. The van der Waals surface area contributed by atoms with Crippen LogP contribution in [0.4, 0.5) is 0 Å². The average molecular weight is 224 g/mol. The largest absolute Gasteiger partial charge is 0.466 e. The summed E-state index contributed by atoms with van der Waals surface area (Å²) in [5, 5.41) is 0. The second kappa shape index (κ2) is 7.29. The fourth-order valence-corrected chi connectivity index (χ4v) is 1.96. The van der Waals surface area contributed by atoms with Gasteiger partial charge in [-0.25, -0.2) is 0 Å². The van der Waals surface area contributed by atoms with Gasteiger partial charge < -0.3 is 9.47 Å². The minimum Gasteiger partial charge on any atom is -0.466 e. The molecule has 1 aliphatic rings. The van der Waals surface area contributed by atoms with Gasteiger partial charge in [-0.05, 0) is 39.5 Å². The molecular formula is C13H20O3. The summed E-state index contributed by atoms with van der Waals surface area (Å²) in [6.45, 7) is 4.63. The smallest absolute Gasteiger partial charge is 0.308 e. The Bertz CT molecular complexity index is 267. The van der Waals surface area contributed by atoms with E-state index in [-0.39, 0.29) is 18.0 Å². The highest BCUT2D eigenvalue weighted by Crippen LogP contribution is 2.27. The second-order valence-corrected chi connectivity index (χ2v) is 3.96. The summed E-state index contributed by atoms with van der Waals surface area (Å²) in [5.41, 5.74) is 0. The lowest BCUT2D eigenvalue weighted by molar-refractivity contribution is -0.150. The Balaban J connectivity index is 2.22. The molecule has 0 aromatic heterocycles. The van der Waals surface area contributed by atoms with Gasteiger partial charge >= 0.3 is 5.97 Å². The molecule has 3 heteroatoms. The predicted octanol–water partition coefficient (Wildman–Crippen LogP) is 2.15. The zero-order valence-corrected chi connectivity index (χ0v) is 10.1. The Morgan fingerprint density at radius 3 is 2.56 bits per heavy atom. The predicted molar refractivity (Wildman–Crippen MR) is 61.8 cm³/mol. The van der Waals surface area contributed by atoms with Gasteiger partial charge in [0.05, 0.1) is 18.6 Å². The van der Waals surface area contributed by atoms with Gasteiger partial charge in [0.25, 0.3) is 0 Å². The van der Waals surface area contributed by atoms with E-state index in [1.165, 1.54) is 0 Å². The van der Waals surface area contributed by atoms with Crippen LogP contribution in [0, 0.1) is 17.8 Å². The first-order valence-electron chi connectivity index (χ1n) is 5.95. The molecule has 1 saturated carbocycles. The first-order valence-corrected chi connectivity index (χ1v) is 5.95. The monoisotopic (exact) mass is 224 g/mol. The van der Waals surface area contributed by atoms with Crippen molar-refractivity contribution in [2.75, 3.05) is 13.2 Å². The van der Waals surface area contributed by atoms with Crippen LogP contribution in [0.5, 0.6) is 0 Å². The van der Waals surface area contributed by atoms with E-state index >= 15 is 0 Å². The molecule has 0 aromatic rings. The highest BCUT2D eigenvalue weighted by atomic mass is 16.5. The third-order valence-electron chi connectivity index (χ3n) is 2.86. The number of hydrogen-bond acceptors (Lipinski definition) is 3. The lowest BCUT2D eigenvalue weighted by atomic mass is 9.87. The van der Waals surface area contributed by atoms with Crippen LogP contribution in [0.25, 0.3) is 0 Å². The number of ether oxygens (including phenoxy) is 2. The normalized spacial score (nSPS) is 24.4. The van der Waals surface area contributed by atoms with Gasteiger partial charge in [0.2, 0.25) is 0 Å². The van der Waals surface area contributed by atoms with E-state index < -0.39 is 0 Å². The van der Waals surface area contributed by atoms with Crippen LogP contribution in [0.2, 0.25) is 0 Å². The molecule has 0 N–H and O–H groups in total. The number of rotatable bonds is 4. The summed E-state index contributed by atoms with van der Waals surface area (Å²) in [6, 6.07) is 0. The SMILES string of the molecule is CC#CCOC1CCC(C(=O)OCC)CC1. The van der Waals surface area contributed by atoms with E-state index in [9.17, 15) is 4.79 Å². The summed E-state index contributed by atoms with van der Waals surface area (Å²) < 4.78 is 10.6. The van der Waals surface area contributed by atoms with E-state index in [4.69, 9.17) is 9.47 Å². The van der Waals surface area contributed by atoms with Gasteiger partial charge in [0, 0.05) is 0 Å². The fraction of sp³-hybridized carbons (Fsp3) is 0.769. The van der Waals surface area contributed by atoms with Crippen molar-refractivity contribution in [3.05, 3.63) is 0 Å². The van der Waals surface area contributed by atoms with E-state index in [1.807, 2.05) is 6.92 Å². The highest BCUT2D eigenvalue weighted by molar-refractivity contribution is 5.72. The number of esters is 1. The Kier molecular flexibility index (Phi) is 5.95. The van der Waals surface area contributed by atoms with Crippen LogP contribution in [0.15, 0.2) is 0 Å². The molecule has 0 radical (unpaired) electrons. The third-order valence-corrected chi connectivity index (χ3v) is 2.86. The standard InChI is InChI=1S/C13H20O3/c1-3-5-10-16-12-8-6-11(7-9-12)13(14)15-4-2/h11-12H,4,6-10H2,1-2H3. The molecule has 1 aliphatic carbocycles. The summed E-state index contributed by atoms with van der Waals surface area (Å²) >= 11 is 0. The zero-order chi connectivity index (χ0) is 11.8. The molecular weight excluding hydrogens is 204 g/mol. The van der Waals surface area contributed by atoms with Crippen LogP contribution >= 0.6 is 0 Å². The maximum atomic E-state index is 11.5. The highest BCUT2D eigenvalue weighted by Gasteiger charge is 2.27. The van der Waals surface area contributed by atoms with Crippen LogP contribution in [0.1, 0.15) is 39.5 Å². The average Bonchev–Trinajstić information content (AvgIpc) is 2.30.